The van der Waals surface area contributed by atoms with Crippen molar-refractivity contribution in [1.29, 1.82) is 0 Å². The number of hydrogen-bond donors (Lipinski definition) is 0. The van der Waals surface area contributed by atoms with Crippen LogP contribution in [0, 0.1) is 0 Å². The SMILES string of the molecule is O=S(=O)(N1CCCCC1)N1CCC[C@H](c2nc3ccccc3o2)C1. The number of benzene rings is 1. The second-order valence-corrected chi connectivity index (χ2v) is 8.61. The van der Waals surface area contributed by atoms with E-state index in [0.717, 1.165) is 43.2 Å². The van der Waals surface area contributed by atoms with Crippen LogP contribution in [0.3, 0.4) is 0 Å². The van der Waals surface area contributed by atoms with Crippen molar-refractivity contribution in [3.05, 3.63) is 30.2 Å². The monoisotopic (exact) mass is 349 g/mol. The van der Waals surface area contributed by atoms with E-state index in [2.05, 4.69) is 4.98 Å². The molecule has 1 aromatic carbocycles. The average molecular weight is 349 g/mol. The lowest BCUT2D eigenvalue weighted by molar-refractivity contribution is 0.254. The molecule has 2 aliphatic rings. The number of nitrogens with zero attached hydrogens (tertiary/aromatic N) is 3. The molecule has 130 valence electrons. The van der Waals surface area contributed by atoms with E-state index in [9.17, 15) is 8.42 Å². The van der Waals surface area contributed by atoms with Crippen molar-refractivity contribution in [2.24, 2.45) is 0 Å². The van der Waals surface area contributed by atoms with Crippen molar-refractivity contribution < 1.29 is 12.8 Å². The van der Waals surface area contributed by atoms with Crippen molar-refractivity contribution in [2.45, 2.75) is 38.0 Å². The Kier molecular flexibility index (Phi) is 4.32. The highest BCUT2D eigenvalue weighted by Gasteiger charge is 2.36. The topological polar surface area (TPSA) is 66.7 Å². The lowest BCUT2D eigenvalue weighted by atomic mass is 10.00. The first-order valence-corrected chi connectivity index (χ1v) is 10.1. The number of aromatic nitrogens is 1. The molecule has 0 saturated carbocycles. The Bertz CT molecular complexity index is 778. The third-order valence-corrected chi connectivity index (χ3v) is 7.01. The van der Waals surface area contributed by atoms with E-state index in [1.807, 2.05) is 24.3 Å². The molecular weight excluding hydrogens is 326 g/mol. The fourth-order valence-corrected chi connectivity index (χ4v) is 5.45. The van der Waals surface area contributed by atoms with E-state index in [4.69, 9.17) is 4.42 Å². The fourth-order valence-electron chi connectivity index (χ4n) is 3.68. The predicted octanol–water partition coefficient (Wildman–Crippen LogP) is 2.74. The van der Waals surface area contributed by atoms with E-state index in [0.29, 0.717) is 32.1 Å². The maximum atomic E-state index is 12.9. The van der Waals surface area contributed by atoms with E-state index in [-0.39, 0.29) is 5.92 Å². The molecular formula is C17H23N3O3S. The number of para-hydroxylation sites is 2. The summed E-state index contributed by atoms with van der Waals surface area (Å²) in [4.78, 5) is 4.56. The lowest BCUT2D eigenvalue weighted by Gasteiger charge is -2.35. The van der Waals surface area contributed by atoms with E-state index in [1.54, 1.807) is 8.61 Å². The van der Waals surface area contributed by atoms with Gasteiger partial charge in [0.15, 0.2) is 11.5 Å². The third kappa shape index (κ3) is 2.96. The largest absolute Gasteiger partial charge is 0.440 e. The highest BCUT2D eigenvalue weighted by atomic mass is 32.2. The molecule has 0 bridgehead atoms. The van der Waals surface area contributed by atoms with Crippen LogP contribution in [0.2, 0.25) is 0 Å². The zero-order valence-corrected chi connectivity index (χ0v) is 14.5. The Labute approximate surface area is 142 Å². The Morgan fingerprint density at radius 1 is 1.00 bits per heavy atom. The second kappa shape index (κ2) is 6.46. The molecule has 0 radical (unpaired) electrons. The smallest absolute Gasteiger partial charge is 0.281 e. The summed E-state index contributed by atoms with van der Waals surface area (Å²) < 4.78 is 34.9. The van der Waals surface area contributed by atoms with Crippen LogP contribution >= 0.6 is 0 Å². The minimum Gasteiger partial charge on any atom is -0.440 e. The zero-order valence-electron chi connectivity index (χ0n) is 13.7. The molecule has 2 saturated heterocycles. The fraction of sp³-hybridized carbons (Fsp3) is 0.588. The van der Waals surface area contributed by atoms with Crippen molar-refractivity contribution in [1.82, 2.24) is 13.6 Å². The summed E-state index contributed by atoms with van der Waals surface area (Å²) in [6.45, 7) is 2.35. The summed E-state index contributed by atoms with van der Waals surface area (Å²) in [6.07, 6.45) is 4.80. The number of rotatable bonds is 3. The molecule has 1 aromatic heterocycles. The molecule has 2 aromatic rings. The summed E-state index contributed by atoms with van der Waals surface area (Å²) in [6, 6.07) is 7.68. The van der Waals surface area contributed by atoms with Gasteiger partial charge in [0.05, 0.1) is 0 Å². The van der Waals surface area contributed by atoms with Gasteiger partial charge in [0, 0.05) is 32.1 Å². The first-order valence-electron chi connectivity index (χ1n) is 8.75. The van der Waals surface area contributed by atoms with Crippen molar-refractivity contribution in [3.63, 3.8) is 0 Å². The molecule has 0 aliphatic carbocycles. The lowest BCUT2D eigenvalue weighted by Crippen LogP contribution is -2.49. The summed E-state index contributed by atoms with van der Waals surface area (Å²) in [7, 11) is -3.36. The molecule has 0 unspecified atom stereocenters. The van der Waals surface area contributed by atoms with Crippen molar-refractivity contribution in [2.75, 3.05) is 26.2 Å². The summed E-state index contributed by atoms with van der Waals surface area (Å²) >= 11 is 0. The normalized spacial score (nSPS) is 24.4. The molecule has 6 nitrogen and oxygen atoms in total. The van der Waals surface area contributed by atoms with Gasteiger partial charge < -0.3 is 4.42 Å². The van der Waals surface area contributed by atoms with Crippen molar-refractivity contribution in [3.8, 4) is 0 Å². The number of oxazole rings is 1. The quantitative estimate of drug-likeness (QED) is 0.854. The minimum absolute atomic E-state index is 0.0331. The van der Waals surface area contributed by atoms with Crippen LogP contribution in [-0.4, -0.2) is 48.2 Å². The van der Waals surface area contributed by atoms with Crippen LogP contribution < -0.4 is 0 Å². The van der Waals surface area contributed by atoms with Crippen LogP contribution in [-0.2, 0) is 10.2 Å². The van der Waals surface area contributed by atoms with Gasteiger partial charge in [-0.25, -0.2) is 4.98 Å². The van der Waals surface area contributed by atoms with Crippen LogP contribution in [0.15, 0.2) is 28.7 Å². The van der Waals surface area contributed by atoms with Gasteiger partial charge in [-0.3, -0.25) is 0 Å². The molecule has 24 heavy (non-hydrogen) atoms. The van der Waals surface area contributed by atoms with Crippen molar-refractivity contribution >= 4 is 21.3 Å². The van der Waals surface area contributed by atoms with Gasteiger partial charge in [-0.2, -0.15) is 17.0 Å². The summed E-state index contributed by atoms with van der Waals surface area (Å²) in [5, 5.41) is 0. The van der Waals surface area contributed by atoms with E-state index in [1.165, 1.54) is 0 Å². The van der Waals surface area contributed by atoms with Gasteiger partial charge in [0.2, 0.25) is 0 Å². The molecule has 4 rings (SSSR count). The first kappa shape index (κ1) is 16.1. The molecule has 0 amide bonds. The third-order valence-electron chi connectivity index (χ3n) is 5.01. The average Bonchev–Trinajstić information content (AvgIpc) is 3.07. The number of fused-ring (bicyclic) bond motifs is 1. The van der Waals surface area contributed by atoms with E-state index < -0.39 is 10.2 Å². The van der Waals surface area contributed by atoms with Crippen LogP contribution in [0.25, 0.3) is 11.1 Å². The standard InChI is InChI=1S/C17H23N3O3S/c21-24(22,19-10-4-1-5-11-19)20-12-6-7-14(13-20)17-18-15-8-2-3-9-16(15)23-17/h2-3,8-9,14H,1,4-7,10-13H2/t14-/m0/s1. The van der Waals surface area contributed by atoms with Gasteiger partial charge in [0.25, 0.3) is 10.2 Å². The molecule has 7 heteroatoms. The molecule has 3 heterocycles. The molecule has 1 atom stereocenters. The van der Waals surface area contributed by atoms with Crippen LogP contribution in [0.5, 0.6) is 0 Å². The summed E-state index contributed by atoms with van der Waals surface area (Å²) in [5.41, 5.74) is 1.60. The van der Waals surface area contributed by atoms with Gasteiger partial charge in [-0.1, -0.05) is 18.6 Å². The Morgan fingerprint density at radius 3 is 2.54 bits per heavy atom. The Morgan fingerprint density at radius 2 is 1.75 bits per heavy atom. The Balaban J connectivity index is 1.54. The minimum atomic E-state index is -3.36. The second-order valence-electron chi connectivity index (χ2n) is 6.68. The first-order chi connectivity index (χ1) is 11.6. The van der Waals surface area contributed by atoms with Crippen LogP contribution in [0.4, 0.5) is 0 Å². The molecule has 0 spiro atoms. The number of piperidine rings is 2. The highest BCUT2D eigenvalue weighted by Crippen LogP contribution is 2.31. The predicted molar refractivity (Wildman–Crippen MR) is 91.9 cm³/mol. The van der Waals surface area contributed by atoms with Gasteiger partial charge in [-0.05, 0) is 37.8 Å². The van der Waals surface area contributed by atoms with E-state index >= 15 is 0 Å². The van der Waals surface area contributed by atoms with Gasteiger partial charge in [-0.15, -0.1) is 0 Å². The van der Waals surface area contributed by atoms with Crippen LogP contribution in [0.1, 0.15) is 43.9 Å². The highest BCUT2D eigenvalue weighted by molar-refractivity contribution is 7.86. The Hall–Kier alpha value is -1.44. The maximum absolute atomic E-state index is 12.9. The summed E-state index contributed by atoms with van der Waals surface area (Å²) in [5.74, 6) is 0.695. The van der Waals surface area contributed by atoms with Gasteiger partial charge >= 0.3 is 0 Å². The van der Waals surface area contributed by atoms with Gasteiger partial charge in [0.1, 0.15) is 5.52 Å². The maximum Gasteiger partial charge on any atom is 0.281 e. The zero-order chi connectivity index (χ0) is 16.6. The molecule has 0 N–H and O–H groups in total. The molecule has 2 aliphatic heterocycles. The molecule has 2 fully saturated rings. The number of hydrogen-bond acceptors (Lipinski definition) is 4.